The van der Waals surface area contributed by atoms with Crippen molar-refractivity contribution < 1.29 is 17.9 Å². The lowest BCUT2D eigenvalue weighted by molar-refractivity contribution is 0.0492. The maximum atomic E-state index is 13.1. The summed E-state index contributed by atoms with van der Waals surface area (Å²) in [5, 5.41) is 7.08. The van der Waals surface area contributed by atoms with Gasteiger partial charge in [-0.05, 0) is 64.7 Å². The number of nitrogen functional groups attached to an aromatic ring is 1. The van der Waals surface area contributed by atoms with Crippen LogP contribution in [0.3, 0.4) is 0 Å². The third-order valence-corrected chi connectivity index (χ3v) is 7.49. The second-order valence-corrected chi connectivity index (χ2v) is 11.4. The monoisotopic (exact) mass is 485 g/mol. The van der Waals surface area contributed by atoms with Crippen molar-refractivity contribution in [3.63, 3.8) is 0 Å². The number of amides is 1. The van der Waals surface area contributed by atoms with Crippen LogP contribution in [0, 0.1) is 0 Å². The molecule has 0 unspecified atom stereocenters. The minimum Gasteiger partial charge on any atom is -0.444 e. The molecule has 0 radical (unpaired) electrons. The molecule has 2 aromatic heterocycles. The summed E-state index contributed by atoms with van der Waals surface area (Å²) in [6.07, 6.45) is 5.84. The van der Waals surface area contributed by atoms with Crippen molar-refractivity contribution in [1.29, 1.82) is 0 Å². The van der Waals surface area contributed by atoms with Gasteiger partial charge in [0.15, 0.2) is 5.65 Å². The summed E-state index contributed by atoms with van der Waals surface area (Å²) in [7, 11) is -3.78. The molecule has 34 heavy (non-hydrogen) atoms. The van der Waals surface area contributed by atoms with E-state index in [1.54, 1.807) is 36.4 Å². The van der Waals surface area contributed by atoms with Gasteiger partial charge in [-0.1, -0.05) is 18.2 Å². The smallest absolute Gasteiger partial charge is 0.407 e. The predicted molar refractivity (Wildman–Crippen MR) is 132 cm³/mol. The van der Waals surface area contributed by atoms with Gasteiger partial charge in [-0.2, -0.15) is 0 Å². The fourth-order valence-corrected chi connectivity index (χ4v) is 5.52. The van der Waals surface area contributed by atoms with Gasteiger partial charge in [0.25, 0.3) is 10.0 Å². The average Bonchev–Trinajstić information content (AvgIpc) is 3.21. The molecular weight excluding hydrogens is 454 g/mol. The highest BCUT2D eigenvalue weighted by Crippen LogP contribution is 2.33. The van der Waals surface area contributed by atoms with E-state index >= 15 is 0 Å². The molecule has 1 amide bonds. The van der Waals surface area contributed by atoms with Crippen LogP contribution >= 0.6 is 0 Å². The Bertz CT molecular complexity index is 1270. The van der Waals surface area contributed by atoms with Crippen LogP contribution in [0.1, 0.15) is 46.5 Å². The molecule has 9 nitrogen and oxygen atoms in total. The van der Waals surface area contributed by atoms with Gasteiger partial charge in [0.05, 0.1) is 22.5 Å². The number of pyridine rings is 1. The van der Waals surface area contributed by atoms with E-state index in [0.717, 1.165) is 25.7 Å². The van der Waals surface area contributed by atoms with Crippen LogP contribution in [0.4, 0.5) is 16.2 Å². The van der Waals surface area contributed by atoms with Crippen LogP contribution < -0.4 is 16.4 Å². The number of rotatable bonds is 5. The first-order chi connectivity index (χ1) is 16.0. The highest BCUT2D eigenvalue weighted by molar-refractivity contribution is 7.90. The van der Waals surface area contributed by atoms with Crippen molar-refractivity contribution in [2.45, 2.75) is 69.0 Å². The molecule has 4 N–H and O–H groups in total. The maximum absolute atomic E-state index is 13.1. The van der Waals surface area contributed by atoms with Gasteiger partial charge in [-0.15, -0.1) is 0 Å². The predicted octanol–water partition coefficient (Wildman–Crippen LogP) is 4.10. The number of nitrogens with one attached hydrogen (secondary N) is 2. The Hall–Kier alpha value is -3.27. The molecule has 1 aromatic carbocycles. The molecule has 0 saturated heterocycles. The minimum atomic E-state index is -3.78. The summed E-state index contributed by atoms with van der Waals surface area (Å²) in [6.45, 7) is 5.52. The van der Waals surface area contributed by atoms with Gasteiger partial charge in [0, 0.05) is 23.7 Å². The molecule has 3 aromatic rings. The van der Waals surface area contributed by atoms with Gasteiger partial charge >= 0.3 is 6.09 Å². The Kier molecular flexibility index (Phi) is 6.44. The largest absolute Gasteiger partial charge is 0.444 e. The van der Waals surface area contributed by atoms with Gasteiger partial charge in [0.2, 0.25) is 0 Å². The topological polar surface area (TPSA) is 128 Å². The van der Waals surface area contributed by atoms with Crippen molar-refractivity contribution in [2.75, 3.05) is 11.1 Å². The van der Waals surface area contributed by atoms with E-state index in [9.17, 15) is 13.2 Å². The number of carbonyl (C=O) groups is 1. The van der Waals surface area contributed by atoms with Gasteiger partial charge in [-0.3, -0.25) is 0 Å². The Balaban J connectivity index is 1.49. The van der Waals surface area contributed by atoms with E-state index in [1.807, 2.05) is 20.8 Å². The molecule has 1 saturated carbocycles. The van der Waals surface area contributed by atoms with Crippen molar-refractivity contribution in [3.8, 4) is 0 Å². The van der Waals surface area contributed by atoms with E-state index in [-0.39, 0.29) is 17.0 Å². The number of aromatic nitrogens is 2. The fourth-order valence-electron chi connectivity index (χ4n) is 4.20. The highest BCUT2D eigenvalue weighted by Gasteiger charge is 2.26. The lowest BCUT2D eigenvalue weighted by atomic mass is 9.91. The number of hydrogen-bond donors (Lipinski definition) is 3. The minimum absolute atomic E-state index is 0.0554. The van der Waals surface area contributed by atoms with Gasteiger partial charge in [-0.25, -0.2) is 22.2 Å². The zero-order valence-corrected chi connectivity index (χ0v) is 20.4. The number of benzene rings is 1. The molecule has 4 rings (SSSR count). The third kappa shape index (κ3) is 5.11. The summed E-state index contributed by atoms with van der Waals surface area (Å²) in [4.78, 5) is 16.6. The SMILES string of the molecule is CC(C)(C)OC(=O)NC1CCC(Nc2c(N)cnc3c2ccn3S(=O)(=O)c2ccccc2)CC1. The number of anilines is 2. The number of hydrogen-bond acceptors (Lipinski definition) is 7. The van der Waals surface area contributed by atoms with Crippen LogP contribution in [0.5, 0.6) is 0 Å². The molecule has 10 heteroatoms. The van der Waals surface area contributed by atoms with Crippen molar-refractivity contribution in [3.05, 3.63) is 48.8 Å². The molecule has 0 atom stereocenters. The van der Waals surface area contributed by atoms with Crippen LogP contribution in [0.15, 0.2) is 53.7 Å². The van der Waals surface area contributed by atoms with Crippen molar-refractivity contribution in [2.24, 2.45) is 0 Å². The van der Waals surface area contributed by atoms with E-state index in [1.165, 1.54) is 16.4 Å². The van der Waals surface area contributed by atoms with E-state index in [0.29, 0.717) is 22.4 Å². The first kappa shape index (κ1) is 23.9. The Morgan fingerprint density at radius 1 is 1.09 bits per heavy atom. The second-order valence-electron chi connectivity index (χ2n) is 9.59. The van der Waals surface area contributed by atoms with Crippen molar-refractivity contribution >= 4 is 38.5 Å². The van der Waals surface area contributed by atoms with Crippen LogP contribution in [-0.2, 0) is 14.8 Å². The Labute approximate surface area is 199 Å². The number of nitrogens with zero attached hydrogens (tertiary/aromatic N) is 2. The zero-order chi connectivity index (χ0) is 24.5. The molecule has 0 bridgehead atoms. The number of nitrogens with two attached hydrogens (primary N) is 1. The Morgan fingerprint density at radius 3 is 2.38 bits per heavy atom. The second kappa shape index (κ2) is 9.17. The third-order valence-electron chi connectivity index (χ3n) is 5.81. The fraction of sp³-hybridized carbons (Fsp3) is 0.417. The standard InChI is InChI=1S/C24H31N5O4S/c1-24(2,3)33-23(30)28-17-11-9-16(10-12-17)27-21-19-13-14-29(22(19)26-15-20(21)25)34(31,32)18-7-5-4-6-8-18/h4-8,13-17H,9-12,25H2,1-3H3,(H,26,27)(H,28,30). The first-order valence-electron chi connectivity index (χ1n) is 11.4. The molecule has 0 aliphatic heterocycles. The number of fused-ring (bicyclic) bond motifs is 1. The number of ether oxygens (including phenoxy) is 1. The summed E-state index contributed by atoms with van der Waals surface area (Å²) in [6, 6.07) is 10.2. The van der Waals surface area contributed by atoms with Crippen LogP contribution in [-0.4, -0.2) is 41.2 Å². The van der Waals surface area contributed by atoms with Crippen LogP contribution in [0.2, 0.25) is 0 Å². The summed E-state index contributed by atoms with van der Waals surface area (Å²) >= 11 is 0. The first-order valence-corrected chi connectivity index (χ1v) is 12.8. The molecule has 1 fully saturated rings. The Morgan fingerprint density at radius 2 is 1.74 bits per heavy atom. The molecule has 1 aliphatic carbocycles. The van der Waals surface area contributed by atoms with Gasteiger partial charge < -0.3 is 21.1 Å². The summed E-state index contributed by atoms with van der Waals surface area (Å²) < 4.78 is 32.8. The quantitative estimate of drug-likeness (QED) is 0.496. The summed E-state index contributed by atoms with van der Waals surface area (Å²) in [5.41, 5.74) is 7.15. The molecule has 0 spiro atoms. The van der Waals surface area contributed by atoms with E-state index < -0.39 is 21.7 Å². The van der Waals surface area contributed by atoms with Gasteiger partial charge in [0.1, 0.15) is 5.60 Å². The number of carbonyl (C=O) groups excluding carboxylic acids is 1. The average molecular weight is 486 g/mol. The molecule has 1 aliphatic rings. The van der Waals surface area contributed by atoms with E-state index in [2.05, 4.69) is 15.6 Å². The highest BCUT2D eigenvalue weighted by atomic mass is 32.2. The van der Waals surface area contributed by atoms with Crippen molar-refractivity contribution in [1.82, 2.24) is 14.3 Å². The van der Waals surface area contributed by atoms with Crippen LogP contribution in [0.25, 0.3) is 11.0 Å². The summed E-state index contributed by atoms with van der Waals surface area (Å²) in [5.74, 6) is 0. The van der Waals surface area contributed by atoms with E-state index in [4.69, 9.17) is 10.5 Å². The molecule has 2 heterocycles. The lowest BCUT2D eigenvalue weighted by Gasteiger charge is -2.31. The maximum Gasteiger partial charge on any atom is 0.407 e. The molecular formula is C24H31N5O4S. The number of alkyl carbamates (subject to hydrolysis) is 1. The lowest BCUT2D eigenvalue weighted by Crippen LogP contribution is -2.42. The molecule has 182 valence electrons. The zero-order valence-electron chi connectivity index (χ0n) is 19.6. The normalized spacial score (nSPS) is 19.0.